The molecule has 2 fully saturated rings. The molecule has 6 heteroatoms. The minimum atomic E-state index is -0.413. The average molecular weight is 369 g/mol. The van der Waals surface area contributed by atoms with Gasteiger partial charge in [0.2, 0.25) is 0 Å². The Morgan fingerprint density at radius 3 is 2.59 bits per heavy atom. The molecule has 3 rings (SSSR count). The highest BCUT2D eigenvalue weighted by molar-refractivity contribution is 9.10. The van der Waals surface area contributed by atoms with Gasteiger partial charge in [-0.25, -0.2) is 0 Å². The summed E-state index contributed by atoms with van der Waals surface area (Å²) in [5, 5.41) is 6.43. The molecule has 0 bridgehead atoms. The summed E-state index contributed by atoms with van der Waals surface area (Å²) in [4.78, 5) is 12.6. The second-order valence-corrected chi connectivity index (χ2v) is 6.67. The molecule has 2 N–H and O–H groups in total. The molecule has 1 aromatic rings. The molecule has 2 heterocycles. The van der Waals surface area contributed by atoms with Gasteiger partial charge in [0.15, 0.2) is 0 Å². The third-order valence-corrected chi connectivity index (χ3v) is 4.85. The number of rotatable bonds is 3. The standard InChI is InChI=1S/C16H21BrN2O3/c17-13-3-1-12(2-4-13)16(5-8-21-9-6-16)19-15(20)14-11-18-7-10-22-14/h1-4,14,18H,5-11H2,(H,19,20). The summed E-state index contributed by atoms with van der Waals surface area (Å²) in [5.41, 5.74) is 0.757. The van der Waals surface area contributed by atoms with Gasteiger partial charge in [-0.1, -0.05) is 28.1 Å². The van der Waals surface area contributed by atoms with E-state index in [2.05, 4.69) is 38.7 Å². The Morgan fingerprint density at radius 1 is 1.23 bits per heavy atom. The maximum atomic E-state index is 12.6. The number of morpholine rings is 1. The molecule has 22 heavy (non-hydrogen) atoms. The van der Waals surface area contributed by atoms with Crippen molar-refractivity contribution < 1.29 is 14.3 Å². The maximum Gasteiger partial charge on any atom is 0.251 e. The molecule has 1 amide bonds. The van der Waals surface area contributed by atoms with Gasteiger partial charge in [-0.2, -0.15) is 0 Å². The Kier molecular flexibility index (Phi) is 5.13. The van der Waals surface area contributed by atoms with Gasteiger partial charge in [0.05, 0.1) is 12.1 Å². The molecule has 2 saturated heterocycles. The topological polar surface area (TPSA) is 59.6 Å². The molecule has 5 nitrogen and oxygen atoms in total. The second-order valence-electron chi connectivity index (χ2n) is 5.75. The van der Waals surface area contributed by atoms with Crippen molar-refractivity contribution in [1.82, 2.24) is 10.6 Å². The molecule has 120 valence electrons. The lowest BCUT2D eigenvalue weighted by Crippen LogP contribution is -2.56. The first-order valence-corrected chi connectivity index (χ1v) is 8.47. The van der Waals surface area contributed by atoms with Crippen molar-refractivity contribution in [3.05, 3.63) is 34.3 Å². The number of ether oxygens (including phenoxy) is 2. The van der Waals surface area contributed by atoms with E-state index in [1.807, 2.05) is 12.1 Å². The van der Waals surface area contributed by atoms with Crippen LogP contribution in [0.5, 0.6) is 0 Å². The highest BCUT2D eigenvalue weighted by Gasteiger charge is 2.38. The summed E-state index contributed by atoms with van der Waals surface area (Å²) in [5.74, 6) is -0.0444. The van der Waals surface area contributed by atoms with Crippen molar-refractivity contribution in [2.75, 3.05) is 32.9 Å². The number of amides is 1. The first-order valence-electron chi connectivity index (χ1n) is 7.68. The van der Waals surface area contributed by atoms with Crippen LogP contribution >= 0.6 is 15.9 Å². The summed E-state index contributed by atoms with van der Waals surface area (Å²) >= 11 is 3.46. The van der Waals surface area contributed by atoms with E-state index in [9.17, 15) is 4.79 Å². The fraction of sp³-hybridized carbons (Fsp3) is 0.562. The number of carbonyl (C=O) groups is 1. The zero-order valence-electron chi connectivity index (χ0n) is 12.4. The van der Waals surface area contributed by atoms with E-state index in [1.165, 1.54) is 0 Å². The number of halogens is 1. The highest BCUT2D eigenvalue weighted by Crippen LogP contribution is 2.33. The monoisotopic (exact) mass is 368 g/mol. The first kappa shape index (κ1) is 15.9. The Balaban J connectivity index is 1.79. The number of hydrogen-bond donors (Lipinski definition) is 2. The molecule has 2 aliphatic rings. The van der Waals surface area contributed by atoms with Crippen LogP contribution in [0.3, 0.4) is 0 Å². The van der Waals surface area contributed by atoms with Crippen LogP contribution in [0, 0.1) is 0 Å². The van der Waals surface area contributed by atoms with Crippen molar-refractivity contribution in [3.63, 3.8) is 0 Å². The van der Waals surface area contributed by atoms with Gasteiger partial charge in [-0.05, 0) is 30.5 Å². The molecule has 0 saturated carbocycles. The summed E-state index contributed by atoms with van der Waals surface area (Å²) in [6.07, 6.45) is 1.14. The van der Waals surface area contributed by atoms with Crippen LogP contribution in [0.2, 0.25) is 0 Å². The zero-order chi connectivity index (χ0) is 15.4. The van der Waals surface area contributed by atoms with Crippen LogP contribution in [-0.4, -0.2) is 44.9 Å². The Labute approximate surface area is 138 Å². The molecule has 0 spiro atoms. The van der Waals surface area contributed by atoms with Crippen LogP contribution in [0.1, 0.15) is 18.4 Å². The molecule has 2 aliphatic heterocycles. The third kappa shape index (κ3) is 3.51. The molecular formula is C16H21BrN2O3. The number of carbonyl (C=O) groups excluding carboxylic acids is 1. The van der Waals surface area contributed by atoms with E-state index < -0.39 is 6.10 Å². The predicted octanol–water partition coefficient (Wildman–Crippen LogP) is 1.56. The SMILES string of the molecule is O=C(NC1(c2ccc(Br)cc2)CCOCC1)C1CNCCO1. The van der Waals surface area contributed by atoms with Crippen molar-refractivity contribution >= 4 is 21.8 Å². The van der Waals surface area contributed by atoms with Crippen molar-refractivity contribution in [3.8, 4) is 0 Å². The lowest BCUT2D eigenvalue weighted by Gasteiger charge is -2.39. The van der Waals surface area contributed by atoms with E-state index in [-0.39, 0.29) is 11.4 Å². The highest BCUT2D eigenvalue weighted by atomic mass is 79.9. The molecule has 0 aromatic heterocycles. The average Bonchev–Trinajstić information content (AvgIpc) is 2.57. The molecule has 1 unspecified atom stereocenters. The molecular weight excluding hydrogens is 348 g/mol. The fourth-order valence-electron chi connectivity index (χ4n) is 3.02. The zero-order valence-corrected chi connectivity index (χ0v) is 14.0. The Hall–Kier alpha value is -0.950. The largest absolute Gasteiger partial charge is 0.381 e. The number of nitrogens with one attached hydrogen (secondary N) is 2. The van der Waals surface area contributed by atoms with E-state index >= 15 is 0 Å². The predicted molar refractivity (Wildman–Crippen MR) is 86.6 cm³/mol. The second kappa shape index (κ2) is 7.08. The first-order chi connectivity index (χ1) is 10.7. The lowest BCUT2D eigenvalue weighted by molar-refractivity contribution is -0.137. The summed E-state index contributed by atoms with van der Waals surface area (Å²) in [6, 6.07) is 8.15. The fourth-order valence-corrected chi connectivity index (χ4v) is 3.29. The van der Waals surface area contributed by atoms with Gasteiger partial charge in [-0.15, -0.1) is 0 Å². The molecule has 0 radical (unpaired) electrons. The summed E-state index contributed by atoms with van der Waals surface area (Å²) in [6.45, 7) is 3.25. The van der Waals surface area contributed by atoms with Gasteiger partial charge in [0.25, 0.3) is 5.91 Å². The number of hydrogen-bond acceptors (Lipinski definition) is 4. The van der Waals surface area contributed by atoms with Crippen LogP contribution < -0.4 is 10.6 Å². The quantitative estimate of drug-likeness (QED) is 0.849. The Morgan fingerprint density at radius 2 is 1.95 bits per heavy atom. The van der Waals surface area contributed by atoms with Crippen LogP contribution in [0.4, 0.5) is 0 Å². The van der Waals surface area contributed by atoms with E-state index in [0.29, 0.717) is 26.4 Å². The van der Waals surface area contributed by atoms with Gasteiger partial charge in [0, 0.05) is 30.8 Å². The van der Waals surface area contributed by atoms with Gasteiger partial charge in [-0.3, -0.25) is 4.79 Å². The van der Waals surface area contributed by atoms with Crippen molar-refractivity contribution in [2.45, 2.75) is 24.5 Å². The molecule has 0 aliphatic carbocycles. The van der Waals surface area contributed by atoms with Crippen molar-refractivity contribution in [1.29, 1.82) is 0 Å². The summed E-state index contributed by atoms with van der Waals surface area (Å²) < 4.78 is 12.1. The van der Waals surface area contributed by atoms with Gasteiger partial charge < -0.3 is 20.1 Å². The maximum absolute atomic E-state index is 12.6. The van der Waals surface area contributed by atoms with E-state index in [0.717, 1.165) is 29.4 Å². The van der Waals surface area contributed by atoms with Crippen LogP contribution in [-0.2, 0) is 19.8 Å². The summed E-state index contributed by atoms with van der Waals surface area (Å²) in [7, 11) is 0. The smallest absolute Gasteiger partial charge is 0.251 e. The van der Waals surface area contributed by atoms with E-state index in [1.54, 1.807) is 0 Å². The van der Waals surface area contributed by atoms with Crippen LogP contribution in [0.25, 0.3) is 0 Å². The lowest BCUT2D eigenvalue weighted by atomic mass is 9.82. The number of benzene rings is 1. The van der Waals surface area contributed by atoms with Crippen LogP contribution in [0.15, 0.2) is 28.7 Å². The van der Waals surface area contributed by atoms with Gasteiger partial charge >= 0.3 is 0 Å². The van der Waals surface area contributed by atoms with Gasteiger partial charge in [0.1, 0.15) is 6.10 Å². The third-order valence-electron chi connectivity index (χ3n) is 4.33. The molecule has 1 aromatic carbocycles. The normalized spacial score (nSPS) is 24.7. The Bertz CT molecular complexity index is 509. The van der Waals surface area contributed by atoms with E-state index in [4.69, 9.17) is 9.47 Å². The minimum absolute atomic E-state index is 0.0444. The molecule has 1 atom stereocenters. The minimum Gasteiger partial charge on any atom is -0.381 e. The van der Waals surface area contributed by atoms with Crippen molar-refractivity contribution in [2.24, 2.45) is 0 Å².